The molecule has 7 heteroatoms. The third kappa shape index (κ3) is 7.12. The summed E-state index contributed by atoms with van der Waals surface area (Å²) >= 11 is 0. The molecule has 2 N–H and O–H groups in total. The first-order valence-electron chi connectivity index (χ1n) is 16.3. The van der Waals surface area contributed by atoms with Gasteiger partial charge in [0.1, 0.15) is 0 Å². The second kappa shape index (κ2) is 15.6. The Bertz CT molecular complexity index is 2060. The van der Waals surface area contributed by atoms with Gasteiger partial charge in [-0.1, -0.05) is 157 Å². The number of hydrogen-bond donors (Lipinski definition) is 2. The number of carbonyl (C=O) groups is 2. The SMILES string of the molecule is O=C1C(C(Nc2ccccc2)c2ccccc2)=C([O-])c2ccccc21.O=C1C(C(Nc2ccccc2)c2ccccc2)=C([O-])c2ccccc21.[Cu+2]. The van der Waals surface area contributed by atoms with Crippen LogP contribution in [0, 0.1) is 0 Å². The molecule has 0 bridgehead atoms. The maximum Gasteiger partial charge on any atom is 2.00 e. The van der Waals surface area contributed by atoms with Crippen molar-refractivity contribution in [1.29, 1.82) is 0 Å². The Labute approximate surface area is 307 Å². The molecule has 2 atom stereocenters. The fourth-order valence-electron chi connectivity index (χ4n) is 6.41. The Kier molecular flexibility index (Phi) is 10.6. The third-order valence-corrected chi connectivity index (χ3v) is 8.82. The number of nitrogens with one attached hydrogen (secondary N) is 2. The molecule has 1 radical (unpaired) electrons. The van der Waals surface area contributed by atoms with Crippen molar-refractivity contribution in [1.82, 2.24) is 0 Å². The molecule has 253 valence electrons. The van der Waals surface area contributed by atoms with Crippen LogP contribution in [-0.4, -0.2) is 11.6 Å². The Morgan fingerprint density at radius 3 is 0.961 bits per heavy atom. The summed E-state index contributed by atoms with van der Waals surface area (Å²) in [6.45, 7) is 0. The van der Waals surface area contributed by atoms with Crippen LogP contribution in [0.3, 0.4) is 0 Å². The predicted octanol–water partition coefficient (Wildman–Crippen LogP) is 7.61. The molecule has 2 aliphatic carbocycles. The molecular formula is C44H32CuN2O4. The van der Waals surface area contributed by atoms with E-state index in [1.807, 2.05) is 121 Å². The summed E-state index contributed by atoms with van der Waals surface area (Å²) in [5.41, 5.74) is 5.98. The maximum atomic E-state index is 12.9. The minimum absolute atomic E-state index is 0. The largest absolute Gasteiger partial charge is 2.00 e. The number of fused-ring (bicyclic) bond motifs is 2. The van der Waals surface area contributed by atoms with Crippen LogP contribution in [0.1, 0.15) is 55.1 Å². The van der Waals surface area contributed by atoms with E-state index in [0.29, 0.717) is 22.3 Å². The monoisotopic (exact) mass is 715 g/mol. The van der Waals surface area contributed by atoms with Gasteiger partial charge in [0, 0.05) is 33.6 Å². The van der Waals surface area contributed by atoms with E-state index in [0.717, 1.165) is 22.5 Å². The number of carbonyl (C=O) groups excluding carboxylic acids is 2. The number of hydrogen-bond acceptors (Lipinski definition) is 6. The van der Waals surface area contributed by atoms with E-state index in [1.165, 1.54) is 0 Å². The van der Waals surface area contributed by atoms with Gasteiger partial charge in [-0.2, -0.15) is 0 Å². The summed E-state index contributed by atoms with van der Waals surface area (Å²) in [4.78, 5) is 25.8. The number of para-hydroxylation sites is 2. The van der Waals surface area contributed by atoms with Gasteiger partial charge in [-0.15, -0.1) is 0 Å². The van der Waals surface area contributed by atoms with Crippen molar-refractivity contribution in [3.8, 4) is 0 Å². The van der Waals surface area contributed by atoms with Crippen molar-refractivity contribution >= 4 is 34.5 Å². The van der Waals surface area contributed by atoms with Gasteiger partial charge in [0.05, 0.1) is 12.1 Å². The van der Waals surface area contributed by atoms with Gasteiger partial charge in [0.25, 0.3) is 0 Å². The zero-order chi connectivity index (χ0) is 34.5. The van der Waals surface area contributed by atoms with Gasteiger partial charge in [-0.3, -0.25) is 9.59 Å². The third-order valence-electron chi connectivity index (χ3n) is 8.82. The fraction of sp³-hybridized carbons (Fsp3) is 0.0455. The van der Waals surface area contributed by atoms with Crippen molar-refractivity contribution in [3.63, 3.8) is 0 Å². The molecule has 0 aromatic heterocycles. The Hall–Kier alpha value is -6.14. The molecule has 0 spiro atoms. The Balaban J connectivity index is 0.000000172. The summed E-state index contributed by atoms with van der Waals surface area (Å²) in [6.07, 6.45) is 0. The van der Waals surface area contributed by atoms with E-state index < -0.39 is 12.1 Å². The second-order valence-corrected chi connectivity index (χ2v) is 11.9. The first-order chi connectivity index (χ1) is 24.5. The van der Waals surface area contributed by atoms with Crippen LogP contribution in [0.15, 0.2) is 181 Å². The Morgan fingerprint density at radius 1 is 0.373 bits per heavy atom. The molecule has 2 aliphatic rings. The topological polar surface area (TPSA) is 104 Å². The van der Waals surface area contributed by atoms with Gasteiger partial charge in [0.2, 0.25) is 0 Å². The number of anilines is 2. The predicted molar refractivity (Wildman–Crippen MR) is 194 cm³/mol. The molecule has 0 fully saturated rings. The van der Waals surface area contributed by atoms with Crippen LogP contribution in [0.4, 0.5) is 11.4 Å². The summed E-state index contributed by atoms with van der Waals surface area (Å²) in [5.74, 6) is -0.786. The van der Waals surface area contributed by atoms with E-state index in [2.05, 4.69) is 10.6 Å². The number of benzene rings is 6. The first kappa shape index (κ1) is 34.7. The van der Waals surface area contributed by atoms with Crippen molar-refractivity contribution in [2.24, 2.45) is 0 Å². The zero-order valence-electron chi connectivity index (χ0n) is 27.3. The van der Waals surface area contributed by atoms with Crippen molar-refractivity contribution in [3.05, 3.63) is 214 Å². The maximum absolute atomic E-state index is 12.9. The molecule has 51 heavy (non-hydrogen) atoms. The molecule has 2 unspecified atom stereocenters. The van der Waals surface area contributed by atoms with Gasteiger partial charge in [0.15, 0.2) is 11.6 Å². The van der Waals surface area contributed by atoms with Gasteiger partial charge < -0.3 is 20.8 Å². The van der Waals surface area contributed by atoms with Crippen molar-refractivity contribution < 1.29 is 36.9 Å². The standard InChI is InChI=1S/2C22H17NO2.Cu/c2*24-21-17-13-7-8-14-18(17)22(25)19(21)20(15-9-3-1-4-10-15)23-16-11-5-2-6-12-16;/h2*1-14,20,23-24H;/q;;+2/p-2. The summed E-state index contributed by atoms with van der Waals surface area (Å²) in [6, 6.07) is 51.4. The van der Waals surface area contributed by atoms with E-state index in [-0.39, 0.29) is 51.3 Å². The molecule has 0 saturated heterocycles. The smallest absolute Gasteiger partial charge is 0.872 e. The average molecular weight is 716 g/mol. The van der Waals surface area contributed by atoms with Crippen molar-refractivity contribution in [2.75, 3.05) is 10.6 Å². The zero-order valence-corrected chi connectivity index (χ0v) is 28.2. The van der Waals surface area contributed by atoms with E-state index in [4.69, 9.17) is 0 Å². The van der Waals surface area contributed by atoms with Crippen LogP contribution in [0.2, 0.25) is 0 Å². The number of ketones is 2. The minimum atomic E-state index is -0.490. The van der Waals surface area contributed by atoms with Crippen LogP contribution in [0.25, 0.3) is 11.5 Å². The number of Topliss-reactive ketones (excluding diaryl/α,β-unsaturated/α-hetero) is 2. The van der Waals surface area contributed by atoms with E-state index in [9.17, 15) is 19.8 Å². The van der Waals surface area contributed by atoms with Crippen LogP contribution < -0.4 is 20.8 Å². The summed E-state index contributed by atoms with van der Waals surface area (Å²) in [5, 5.41) is 32.5. The molecule has 0 amide bonds. The average Bonchev–Trinajstić information content (AvgIpc) is 3.58. The Morgan fingerprint density at radius 2 is 0.647 bits per heavy atom. The molecule has 6 aromatic rings. The minimum Gasteiger partial charge on any atom is -0.872 e. The van der Waals surface area contributed by atoms with E-state index in [1.54, 1.807) is 48.5 Å². The van der Waals surface area contributed by atoms with E-state index >= 15 is 0 Å². The van der Waals surface area contributed by atoms with Gasteiger partial charge in [-0.25, -0.2) is 0 Å². The second-order valence-electron chi connectivity index (χ2n) is 11.9. The fourth-order valence-corrected chi connectivity index (χ4v) is 6.41. The summed E-state index contributed by atoms with van der Waals surface area (Å²) in [7, 11) is 0. The molecule has 6 aromatic carbocycles. The van der Waals surface area contributed by atoms with Crippen LogP contribution >= 0.6 is 0 Å². The number of rotatable bonds is 8. The van der Waals surface area contributed by atoms with Gasteiger partial charge >= 0.3 is 17.1 Å². The molecular weight excluding hydrogens is 684 g/mol. The first-order valence-corrected chi connectivity index (χ1v) is 16.3. The molecule has 6 nitrogen and oxygen atoms in total. The normalized spacial score (nSPS) is 14.0. The van der Waals surface area contributed by atoms with Crippen LogP contribution in [-0.2, 0) is 17.1 Å². The summed E-state index contributed by atoms with van der Waals surface area (Å²) < 4.78 is 0. The van der Waals surface area contributed by atoms with Crippen LogP contribution in [0.5, 0.6) is 0 Å². The molecule has 0 heterocycles. The van der Waals surface area contributed by atoms with Gasteiger partial charge in [-0.05, 0) is 46.5 Å². The van der Waals surface area contributed by atoms with Crippen molar-refractivity contribution in [2.45, 2.75) is 12.1 Å². The quantitative estimate of drug-likeness (QED) is 0.157. The molecule has 8 rings (SSSR count). The molecule has 0 aliphatic heterocycles. The molecule has 0 saturated carbocycles.